The number of hydrogen-bond acceptors (Lipinski definition) is 3. The van der Waals surface area contributed by atoms with Crippen LogP contribution in [0.5, 0.6) is 0 Å². The van der Waals surface area contributed by atoms with Gasteiger partial charge in [-0.15, -0.1) is 0 Å². The number of nitrogens with zero attached hydrogens (tertiary/aromatic N) is 1. The molecule has 1 N–H and O–H groups in total. The minimum Gasteiger partial charge on any atom is -0.332 e. The molecule has 1 saturated carbocycles. The molecule has 30 heavy (non-hydrogen) atoms. The van der Waals surface area contributed by atoms with Gasteiger partial charge in [-0.2, -0.15) is 0 Å². The van der Waals surface area contributed by atoms with Gasteiger partial charge in [0, 0.05) is 17.5 Å². The van der Waals surface area contributed by atoms with E-state index in [2.05, 4.69) is 24.3 Å². The van der Waals surface area contributed by atoms with Crippen molar-refractivity contribution >= 4 is 11.6 Å². The van der Waals surface area contributed by atoms with Crippen LogP contribution >= 0.6 is 0 Å². The molecule has 0 radical (unpaired) electrons. The number of nitrogens with one attached hydrogen (secondary N) is 1. The van der Waals surface area contributed by atoms with Crippen molar-refractivity contribution in [3.05, 3.63) is 65.2 Å². The summed E-state index contributed by atoms with van der Waals surface area (Å²) >= 11 is 0. The zero-order chi connectivity index (χ0) is 20.1. The van der Waals surface area contributed by atoms with E-state index >= 15 is 0 Å². The molecule has 3 heterocycles. The molecule has 6 rings (SSSR count). The number of quaternary nitrogens is 1. The molecule has 2 fully saturated rings. The van der Waals surface area contributed by atoms with Gasteiger partial charge >= 0.3 is 0 Å². The molecule has 5 heteroatoms. The lowest BCUT2D eigenvalue weighted by atomic mass is 10.0. The Bertz CT molecular complexity index is 960. The number of anilines is 1. The molecule has 3 aliphatic heterocycles. The van der Waals surface area contributed by atoms with E-state index in [0.717, 1.165) is 56.4 Å². The molecule has 4 aliphatic rings. The lowest BCUT2D eigenvalue weighted by molar-refractivity contribution is -0.914. The maximum atomic E-state index is 13.8. The van der Waals surface area contributed by atoms with E-state index < -0.39 is 5.79 Å². The second-order valence-electron chi connectivity index (χ2n) is 9.17. The van der Waals surface area contributed by atoms with Gasteiger partial charge in [0.25, 0.3) is 11.7 Å². The first kappa shape index (κ1) is 18.6. The third-order valence-corrected chi connectivity index (χ3v) is 7.29. The minimum atomic E-state index is -1.24. The Morgan fingerprint density at radius 1 is 0.933 bits per heavy atom. The van der Waals surface area contributed by atoms with Crippen LogP contribution < -0.4 is 9.80 Å². The third kappa shape index (κ3) is 2.83. The minimum absolute atomic E-state index is 0.0265. The SMILES string of the molecule is O=C1N(C[NH+]2CCc3ccccc3C2)c2ccccc2C12O[C@H]1CCCCC[C@@H]1O2. The number of benzene rings is 2. The van der Waals surface area contributed by atoms with Crippen LogP contribution in [0.25, 0.3) is 0 Å². The summed E-state index contributed by atoms with van der Waals surface area (Å²) in [4.78, 5) is 17.1. The third-order valence-electron chi connectivity index (χ3n) is 7.29. The van der Waals surface area contributed by atoms with Gasteiger partial charge < -0.3 is 14.4 Å². The summed E-state index contributed by atoms with van der Waals surface area (Å²) in [5.74, 6) is -1.28. The number of para-hydroxylation sites is 1. The molecule has 1 amide bonds. The van der Waals surface area contributed by atoms with E-state index in [0.29, 0.717) is 6.67 Å². The van der Waals surface area contributed by atoms with Crippen LogP contribution in [-0.4, -0.2) is 31.3 Å². The number of carbonyl (C=O) groups is 1. The average Bonchev–Trinajstić information content (AvgIpc) is 3.15. The Kier molecular flexibility index (Phi) is 4.44. The van der Waals surface area contributed by atoms with Gasteiger partial charge in [0.1, 0.15) is 6.54 Å². The van der Waals surface area contributed by atoms with E-state index in [-0.39, 0.29) is 18.1 Å². The lowest BCUT2D eigenvalue weighted by Gasteiger charge is -2.30. The average molecular weight is 406 g/mol. The van der Waals surface area contributed by atoms with Crippen LogP contribution in [0.3, 0.4) is 0 Å². The number of amides is 1. The highest BCUT2D eigenvalue weighted by Gasteiger charge is 2.61. The first-order valence-corrected chi connectivity index (χ1v) is 11.4. The van der Waals surface area contributed by atoms with Gasteiger partial charge in [0.2, 0.25) is 0 Å². The van der Waals surface area contributed by atoms with E-state index in [4.69, 9.17) is 9.47 Å². The topological polar surface area (TPSA) is 43.2 Å². The fourth-order valence-electron chi connectivity index (χ4n) is 5.74. The quantitative estimate of drug-likeness (QED) is 0.835. The Morgan fingerprint density at radius 2 is 1.63 bits per heavy atom. The van der Waals surface area contributed by atoms with Crippen LogP contribution in [-0.2, 0) is 33.0 Å². The zero-order valence-electron chi connectivity index (χ0n) is 17.3. The summed E-state index contributed by atoms with van der Waals surface area (Å²) < 4.78 is 13.0. The van der Waals surface area contributed by atoms with Gasteiger partial charge in [0.15, 0.2) is 6.67 Å². The highest BCUT2D eigenvalue weighted by atomic mass is 16.8. The number of hydrogen-bond donors (Lipinski definition) is 1. The summed E-state index contributed by atoms with van der Waals surface area (Å²) in [5.41, 5.74) is 4.67. The lowest BCUT2D eigenvalue weighted by Crippen LogP contribution is -3.13. The summed E-state index contributed by atoms with van der Waals surface area (Å²) in [6.45, 7) is 2.62. The number of ether oxygens (including phenoxy) is 2. The zero-order valence-corrected chi connectivity index (χ0v) is 17.3. The fourth-order valence-corrected chi connectivity index (χ4v) is 5.74. The van der Waals surface area contributed by atoms with Gasteiger partial charge in [-0.05, 0) is 24.5 Å². The summed E-state index contributed by atoms with van der Waals surface area (Å²) in [5, 5.41) is 0. The number of fused-ring (bicyclic) bond motifs is 4. The van der Waals surface area contributed by atoms with Crippen molar-refractivity contribution < 1.29 is 19.2 Å². The molecule has 1 spiro atoms. The van der Waals surface area contributed by atoms with Gasteiger partial charge in [-0.3, -0.25) is 9.69 Å². The van der Waals surface area contributed by atoms with Crippen molar-refractivity contribution in [1.82, 2.24) is 0 Å². The predicted molar refractivity (Wildman–Crippen MR) is 113 cm³/mol. The van der Waals surface area contributed by atoms with E-state index in [9.17, 15) is 4.79 Å². The molecule has 1 aliphatic carbocycles. The van der Waals surface area contributed by atoms with Crippen LogP contribution in [0.2, 0.25) is 0 Å². The molecule has 3 atom stereocenters. The van der Waals surface area contributed by atoms with E-state index in [1.165, 1.54) is 22.4 Å². The second-order valence-corrected chi connectivity index (χ2v) is 9.17. The molecular weight excluding hydrogens is 376 g/mol. The van der Waals surface area contributed by atoms with Crippen molar-refractivity contribution in [2.24, 2.45) is 0 Å². The summed E-state index contributed by atoms with van der Waals surface area (Å²) in [6.07, 6.45) is 6.60. The Balaban J connectivity index is 1.29. The number of carbonyl (C=O) groups excluding carboxylic acids is 1. The largest absolute Gasteiger partial charge is 0.332 e. The van der Waals surface area contributed by atoms with Gasteiger partial charge in [-0.1, -0.05) is 61.7 Å². The number of rotatable bonds is 2. The molecule has 0 bridgehead atoms. The standard InChI is InChI=1S/C25H28N2O3/c28-24-25(29-22-12-2-1-3-13-23(22)30-25)20-10-6-7-11-21(20)27(24)17-26-15-14-18-8-4-5-9-19(18)16-26/h4-11,22-23H,1-3,12-17H2/p+1/t22-,23-/m0/s1. The second kappa shape index (κ2) is 7.19. The van der Waals surface area contributed by atoms with Crippen LogP contribution in [0.15, 0.2) is 48.5 Å². The molecule has 5 nitrogen and oxygen atoms in total. The maximum absolute atomic E-state index is 13.8. The van der Waals surface area contributed by atoms with Crippen LogP contribution in [0, 0.1) is 0 Å². The van der Waals surface area contributed by atoms with Crippen LogP contribution in [0.4, 0.5) is 5.69 Å². The van der Waals surface area contributed by atoms with Gasteiger partial charge in [-0.25, -0.2) is 0 Å². The fraction of sp³-hybridized carbons (Fsp3) is 0.480. The Labute approximate surface area is 177 Å². The molecule has 1 saturated heterocycles. The maximum Gasteiger partial charge on any atom is 0.296 e. The smallest absolute Gasteiger partial charge is 0.296 e. The molecule has 156 valence electrons. The Morgan fingerprint density at radius 3 is 2.43 bits per heavy atom. The molecule has 1 unspecified atom stereocenters. The molecule has 0 aromatic heterocycles. The van der Waals surface area contributed by atoms with Crippen molar-refractivity contribution in [3.63, 3.8) is 0 Å². The van der Waals surface area contributed by atoms with Gasteiger partial charge in [0.05, 0.1) is 24.4 Å². The first-order chi connectivity index (χ1) is 14.7. The van der Waals surface area contributed by atoms with Crippen molar-refractivity contribution in [3.8, 4) is 0 Å². The normalized spacial score (nSPS) is 29.4. The highest BCUT2D eigenvalue weighted by molar-refractivity contribution is 6.06. The Hall–Kier alpha value is -2.21. The summed E-state index contributed by atoms with van der Waals surface area (Å²) in [6, 6.07) is 16.7. The monoisotopic (exact) mass is 405 g/mol. The van der Waals surface area contributed by atoms with Crippen molar-refractivity contribution in [1.29, 1.82) is 0 Å². The van der Waals surface area contributed by atoms with Crippen molar-refractivity contribution in [2.45, 2.75) is 63.1 Å². The first-order valence-electron chi connectivity index (χ1n) is 11.4. The van der Waals surface area contributed by atoms with E-state index in [1.807, 2.05) is 29.2 Å². The van der Waals surface area contributed by atoms with Crippen molar-refractivity contribution in [2.75, 3.05) is 18.1 Å². The molecule has 2 aromatic rings. The molecular formula is C25H29N2O3+. The molecule has 2 aromatic carbocycles. The highest BCUT2D eigenvalue weighted by Crippen LogP contribution is 2.50. The summed E-state index contributed by atoms with van der Waals surface area (Å²) in [7, 11) is 0. The predicted octanol–water partition coefficient (Wildman–Crippen LogP) is 2.53. The van der Waals surface area contributed by atoms with Crippen LogP contribution in [0.1, 0.15) is 48.8 Å². The van der Waals surface area contributed by atoms with E-state index in [1.54, 1.807) is 0 Å².